The van der Waals surface area contributed by atoms with Crippen molar-refractivity contribution in [2.45, 2.75) is 31.8 Å². The van der Waals surface area contributed by atoms with E-state index in [1.807, 2.05) is 0 Å². The summed E-state index contributed by atoms with van der Waals surface area (Å²) in [6.45, 7) is 0. The Morgan fingerprint density at radius 2 is 2.00 bits per heavy atom. The number of hydrogen-bond donors (Lipinski definition) is 2. The van der Waals surface area contributed by atoms with Gasteiger partial charge in [0.05, 0.1) is 16.5 Å². The Hall–Kier alpha value is -2.31. The van der Waals surface area contributed by atoms with Gasteiger partial charge in [-0.2, -0.15) is 0 Å². The number of benzene rings is 1. The van der Waals surface area contributed by atoms with Crippen LogP contribution in [0.2, 0.25) is 5.02 Å². The maximum absolute atomic E-state index is 12.9. The predicted octanol–water partition coefficient (Wildman–Crippen LogP) is 4.24. The molecule has 1 atom stereocenters. The van der Waals surface area contributed by atoms with Crippen LogP contribution in [0, 0.1) is 0 Å². The number of thiophene rings is 1. The highest BCUT2D eigenvalue weighted by Crippen LogP contribution is 2.41. The number of nitrogens with one attached hydrogen (secondary N) is 2. The van der Waals surface area contributed by atoms with Gasteiger partial charge in [0, 0.05) is 9.90 Å². The minimum atomic E-state index is -0.616. The minimum absolute atomic E-state index is 0.131. The average molecular weight is 387 g/mol. The van der Waals surface area contributed by atoms with Gasteiger partial charge in [0.2, 0.25) is 0 Å². The van der Waals surface area contributed by atoms with Crippen LogP contribution in [0.1, 0.15) is 45.4 Å². The van der Waals surface area contributed by atoms with Crippen molar-refractivity contribution in [2.75, 3.05) is 5.32 Å². The highest BCUT2D eigenvalue weighted by atomic mass is 35.5. The fourth-order valence-corrected chi connectivity index (χ4v) is 5.24. The molecule has 26 heavy (non-hydrogen) atoms. The van der Waals surface area contributed by atoms with Crippen molar-refractivity contribution < 1.29 is 9.21 Å². The van der Waals surface area contributed by atoms with Gasteiger partial charge in [-0.05, 0) is 49.4 Å². The zero-order chi connectivity index (χ0) is 17.8. The maximum atomic E-state index is 12.9. The van der Waals surface area contributed by atoms with Crippen LogP contribution in [-0.4, -0.2) is 5.91 Å². The minimum Gasteiger partial charge on any atom is -0.464 e. The molecule has 0 fully saturated rings. The zero-order valence-corrected chi connectivity index (χ0v) is 15.3. The van der Waals surface area contributed by atoms with E-state index in [1.54, 1.807) is 29.5 Å². The van der Waals surface area contributed by atoms with Gasteiger partial charge in [0.1, 0.15) is 23.0 Å². The molecule has 7 heteroatoms. The first-order valence-electron chi connectivity index (χ1n) is 8.55. The second-order valence-corrected chi connectivity index (χ2v) is 8.17. The molecule has 2 aromatic heterocycles. The quantitative estimate of drug-likeness (QED) is 0.656. The molecule has 2 aliphatic rings. The summed E-state index contributed by atoms with van der Waals surface area (Å²) in [6, 6.07) is 4.93. The molecular weight excluding hydrogens is 372 g/mol. The Balaban J connectivity index is 1.59. The molecule has 1 aliphatic carbocycles. The number of carbonyl (C=O) groups is 1. The Bertz CT molecular complexity index is 1120. The van der Waals surface area contributed by atoms with Gasteiger partial charge < -0.3 is 15.1 Å². The Labute approximate surface area is 158 Å². The average Bonchev–Trinajstić information content (AvgIpc) is 3.01. The predicted molar refractivity (Wildman–Crippen MR) is 102 cm³/mol. The number of fused-ring (bicyclic) bond motifs is 4. The summed E-state index contributed by atoms with van der Waals surface area (Å²) < 4.78 is 5.59. The van der Waals surface area contributed by atoms with Crippen LogP contribution < -0.4 is 16.1 Å². The van der Waals surface area contributed by atoms with Crippen molar-refractivity contribution in [1.82, 2.24) is 5.32 Å². The highest BCUT2D eigenvalue weighted by molar-refractivity contribution is 7.16. The molecule has 0 spiro atoms. The number of rotatable bonds is 1. The largest absolute Gasteiger partial charge is 0.464 e. The number of halogens is 1. The molecule has 132 valence electrons. The third kappa shape index (κ3) is 2.36. The van der Waals surface area contributed by atoms with Gasteiger partial charge in [-0.1, -0.05) is 11.6 Å². The van der Waals surface area contributed by atoms with E-state index >= 15 is 0 Å². The van der Waals surface area contributed by atoms with E-state index in [0.29, 0.717) is 21.6 Å². The number of hydrogen-bond acceptors (Lipinski definition) is 5. The van der Waals surface area contributed by atoms with Gasteiger partial charge in [-0.25, -0.2) is 0 Å². The molecule has 3 heterocycles. The van der Waals surface area contributed by atoms with E-state index in [-0.39, 0.29) is 11.3 Å². The molecule has 0 saturated carbocycles. The van der Waals surface area contributed by atoms with Gasteiger partial charge in [-0.3, -0.25) is 9.59 Å². The highest BCUT2D eigenvalue weighted by Gasteiger charge is 2.33. The van der Waals surface area contributed by atoms with Gasteiger partial charge >= 0.3 is 0 Å². The summed E-state index contributed by atoms with van der Waals surface area (Å²) >= 11 is 7.64. The first-order chi connectivity index (χ1) is 12.6. The molecule has 0 bridgehead atoms. The van der Waals surface area contributed by atoms with E-state index in [9.17, 15) is 9.59 Å². The molecular formula is C19H15ClN2O3S. The lowest BCUT2D eigenvalue weighted by Gasteiger charge is -2.26. The number of anilines is 1. The summed E-state index contributed by atoms with van der Waals surface area (Å²) in [6.07, 6.45) is 5.03. The first kappa shape index (κ1) is 15.9. The molecule has 1 aromatic carbocycles. The smallest absolute Gasteiger partial charge is 0.256 e. The topological polar surface area (TPSA) is 71.3 Å². The fourth-order valence-electron chi connectivity index (χ4n) is 3.75. The lowest BCUT2D eigenvalue weighted by molar-refractivity contribution is 0.0935. The number of aryl methyl sites for hydroxylation is 1. The molecule has 2 N–H and O–H groups in total. The van der Waals surface area contributed by atoms with Gasteiger partial charge in [0.25, 0.3) is 5.91 Å². The van der Waals surface area contributed by atoms with Crippen LogP contribution in [-0.2, 0) is 12.8 Å². The van der Waals surface area contributed by atoms with Crippen LogP contribution in [0.4, 0.5) is 5.00 Å². The SMILES string of the molecule is O=C1N[C@@H](c2coc3ccc(Cl)cc3c2=O)Nc2sc3c(c21)CCCC3. The fraction of sp³-hybridized carbons (Fsp3) is 0.263. The van der Waals surface area contributed by atoms with E-state index in [1.165, 1.54) is 11.1 Å². The summed E-state index contributed by atoms with van der Waals surface area (Å²) in [5.74, 6) is -0.131. The number of carbonyl (C=O) groups excluding carboxylic acids is 1. The second kappa shape index (κ2) is 5.86. The van der Waals surface area contributed by atoms with Crippen LogP contribution in [0.15, 0.2) is 33.7 Å². The Morgan fingerprint density at radius 3 is 2.88 bits per heavy atom. The summed E-state index contributed by atoms with van der Waals surface area (Å²) in [5, 5.41) is 7.94. The summed E-state index contributed by atoms with van der Waals surface area (Å²) in [7, 11) is 0. The third-order valence-electron chi connectivity index (χ3n) is 5.02. The maximum Gasteiger partial charge on any atom is 0.256 e. The molecule has 1 aliphatic heterocycles. The monoisotopic (exact) mass is 386 g/mol. The van der Waals surface area contributed by atoms with Crippen molar-refractivity contribution in [2.24, 2.45) is 0 Å². The molecule has 5 nitrogen and oxygen atoms in total. The van der Waals surface area contributed by atoms with Gasteiger partial charge in [0.15, 0.2) is 5.43 Å². The van der Waals surface area contributed by atoms with Crippen LogP contribution in [0.25, 0.3) is 11.0 Å². The zero-order valence-electron chi connectivity index (χ0n) is 13.7. The van der Waals surface area contributed by atoms with Crippen molar-refractivity contribution in [3.63, 3.8) is 0 Å². The van der Waals surface area contributed by atoms with Crippen molar-refractivity contribution >= 4 is 44.8 Å². The second-order valence-electron chi connectivity index (χ2n) is 6.63. The standard InChI is InChI=1S/C19H15ClN2O3S/c20-9-5-6-13-11(7-9)16(23)12(8-25-13)17-21-18(24)15-10-3-1-2-4-14(10)26-19(15)22-17/h5-8,17,22H,1-4H2,(H,21,24)/t17-/m1/s1. The molecule has 0 saturated heterocycles. The van der Waals surface area contributed by atoms with Crippen LogP contribution in [0.5, 0.6) is 0 Å². The number of amides is 1. The third-order valence-corrected chi connectivity index (χ3v) is 6.48. The summed E-state index contributed by atoms with van der Waals surface area (Å²) in [4.78, 5) is 26.9. The van der Waals surface area contributed by atoms with Crippen LogP contribution >= 0.6 is 22.9 Å². The Morgan fingerprint density at radius 1 is 1.15 bits per heavy atom. The van der Waals surface area contributed by atoms with E-state index in [2.05, 4.69) is 10.6 Å². The lowest BCUT2D eigenvalue weighted by atomic mass is 9.94. The van der Waals surface area contributed by atoms with E-state index < -0.39 is 6.17 Å². The van der Waals surface area contributed by atoms with Gasteiger partial charge in [-0.15, -0.1) is 11.3 Å². The van der Waals surface area contributed by atoms with Crippen molar-refractivity contribution in [1.29, 1.82) is 0 Å². The van der Waals surface area contributed by atoms with E-state index in [0.717, 1.165) is 41.8 Å². The molecule has 5 rings (SSSR count). The molecule has 0 unspecified atom stereocenters. The van der Waals surface area contributed by atoms with E-state index in [4.69, 9.17) is 16.0 Å². The Kier molecular flexibility index (Phi) is 3.58. The first-order valence-corrected chi connectivity index (χ1v) is 9.74. The molecule has 3 aromatic rings. The normalized spacial score (nSPS) is 18.8. The van der Waals surface area contributed by atoms with Crippen molar-refractivity contribution in [3.8, 4) is 0 Å². The molecule has 0 radical (unpaired) electrons. The molecule has 1 amide bonds. The van der Waals surface area contributed by atoms with Crippen LogP contribution in [0.3, 0.4) is 0 Å². The summed E-state index contributed by atoms with van der Waals surface area (Å²) in [5.41, 5.74) is 2.55. The van der Waals surface area contributed by atoms with Crippen molar-refractivity contribution in [3.05, 3.63) is 61.3 Å². The lowest BCUT2D eigenvalue weighted by Crippen LogP contribution is -2.40.